The molecule has 2 rings (SSSR count). The molecule has 6 heteroatoms. The zero-order chi connectivity index (χ0) is 14.5. The number of nitrogens with zero attached hydrogens (tertiary/aromatic N) is 3. The van der Waals surface area contributed by atoms with E-state index in [4.69, 9.17) is 0 Å². The molecule has 2 heterocycles. The number of aryl methyl sites for hydroxylation is 2. The Morgan fingerprint density at radius 1 is 1.45 bits per heavy atom. The van der Waals surface area contributed by atoms with Crippen molar-refractivity contribution in [1.82, 2.24) is 25.4 Å². The van der Waals surface area contributed by atoms with Gasteiger partial charge >= 0.3 is 0 Å². The zero-order valence-corrected chi connectivity index (χ0v) is 12.2. The highest BCUT2D eigenvalue weighted by Crippen LogP contribution is 2.16. The molecule has 0 aliphatic heterocycles. The molecular formula is C14H21N5O. The monoisotopic (exact) mass is 275 g/mol. The van der Waals surface area contributed by atoms with Crippen LogP contribution in [0.25, 0.3) is 11.0 Å². The highest BCUT2D eigenvalue weighted by atomic mass is 16.1. The summed E-state index contributed by atoms with van der Waals surface area (Å²) >= 11 is 0. The fourth-order valence-electron chi connectivity index (χ4n) is 2.17. The van der Waals surface area contributed by atoms with Gasteiger partial charge in [0.25, 0.3) is 0 Å². The van der Waals surface area contributed by atoms with Crippen LogP contribution in [-0.2, 0) is 18.4 Å². The van der Waals surface area contributed by atoms with Gasteiger partial charge in [-0.3, -0.25) is 9.48 Å². The van der Waals surface area contributed by atoms with E-state index < -0.39 is 0 Å². The van der Waals surface area contributed by atoms with Crippen molar-refractivity contribution in [3.05, 3.63) is 23.5 Å². The quantitative estimate of drug-likeness (QED) is 0.768. The minimum atomic E-state index is 0.0803. The van der Waals surface area contributed by atoms with E-state index in [9.17, 15) is 4.79 Å². The Morgan fingerprint density at radius 3 is 3.00 bits per heavy atom. The standard InChI is InChI=1S/C14H21N5O/c1-4-16-13(20)5-6-15-8-11-7-12-10(2)18-19(3)14(12)17-9-11/h7,9,15H,4-6,8H2,1-3H3,(H,16,20). The first-order chi connectivity index (χ1) is 9.61. The molecule has 2 aromatic heterocycles. The van der Waals surface area contributed by atoms with Gasteiger partial charge in [-0.05, 0) is 25.5 Å². The molecule has 0 atom stereocenters. The number of pyridine rings is 1. The SMILES string of the molecule is CCNC(=O)CCNCc1cnc2c(c1)c(C)nn2C. The number of aromatic nitrogens is 3. The van der Waals surface area contributed by atoms with Crippen molar-refractivity contribution in [3.63, 3.8) is 0 Å². The van der Waals surface area contributed by atoms with Crippen LogP contribution in [0.3, 0.4) is 0 Å². The molecule has 0 aliphatic rings. The summed E-state index contributed by atoms with van der Waals surface area (Å²) in [5.41, 5.74) is 2.98. The molecule has 0 unspecified atom stereocenters. The van der Waals surface area contributed by atoms with Gasteiger partial charge < -0.3 is 10.6 Å². The molecule has 0 aromatic carbocycles. The van der Waals surface area contributed by atoms with Crippen LogP contribution in [0.1, 0.15) is 24.6 Å². The molecule has 6 nitrogen and oxygen atoms in total. The Morgan fingerprint density at radius 2 is 2.25 bits per heavy atom. The van der Waals surface area contributed by atoms with Gasteiger partial charge in [0.2, 0.25) is 5.91 Å². The van der Waals surface area contributed by atoms with Crippen molar-refractivity contribution < 1.29 is 4.79 Å². The first kappa shape index (κ1) is 14.5. The van der Waals surface area contributed by atoms with Crippen LogP contribution in [-0.4, -0.2) is 33.8 Å². The number of hydrogen-bond acceptors (Lipinski definition) is 4. The number of carbonyl (C=O) groups excluding carboxylic acids is 1. The molecule has 0 radical (unpaired) electrons. The molecule has 0 fully saturated rings. The van der Waals surface area contributed by atoms with Crippen LogP contribution in [0.15, 0.2) is 12.3 Å². The van der Waals surface area contributed by atoms with Gasteiger partial charge in [-0.2, -0.15) is 5.10 Å². The fourth-order valence-corrected chi connectivity index (χ4v) is 2.17. The van der Waals surface area contributed by atoms with Crippen molar-refractivity contribution in [3.8, 4) is 0 Å². The van der Waals surface area contributed by atoms with Gasteiger partial charge in [-0.25, -0.2) is 4.98 Å². The van der Waals surface area contributed by atoms with Gasteiger partial charge in [-0.1, -0.05) is 0 Å². The second-order valence-electron chi connectivity index (χ2n) is 4.80. The molecular weight excluding hydrogens is 254 g/mol. The van der Waals surface area contributed by atoms with Gasteiger partial charge in [0.1, 0.15) is 0 Å². The topological polar surface area (TPSA) is 71.8 Å². The summed E-state index contributed by atoms with van der Waals surface area (Å²) in [6.07, 6.45) is 2.35. The average molecular weight is 275 g/mol. The summed E-state index contributed by atoms with van der Waals surface area (Å²) in [6, 6.07) is 2.10. The molecule has 20 heavy (non-hydrogen) atoms. The van der Waals surface area contributed by atoms with Crippen molar-refractivity contribution in [2.24, 2.45) is 7.05 Å². The van der Waals surface area contributed by atoms with Gasteiger partial charge in [0.15, 0.2) is 5.65 Å². The summed E-state index contributed by atoms with van der Waals surface area (Å²) < 4.78 is 1.79. The lowest BCUT2D eigenvalue weighted by molar-refractivity contribution is -0.120. The minimum absolute atomic E-state index is 0.0803. The van der Waals surface area contributed by atoms with E-state index in [0.29, 0.717) is 26.1 Å². The summed E-state index contributed by atoms with van der Waals surface area (Å²) in [5.74, 6) is 0.0803. The second kappa shape index (κ2) is 6.47. The maximum atomic E-state index is 11.3. The summed E-state index contributed by atoms with van der Waals surface area (Å²) in [7, 11) is 1.90. The van der Waals surface area contributed by atoms with E-state index in [1.54, 1.807) is 4.68 Å². The second-order valence-corrected chi connectivity index (χ2v) is 4.80. The molecule has 0 aliphatic carbocycles. The lowest BCUT2D eigenvalue weighted by atomic mass is 10.2. The fraction of sp³-hybridized carbons (Fsp3) is 0.500. The van der Waals surface area contributed by atoms with Crippen LogP contribution in [0.2, 0.25) is 0 Å². The summed E-state index contributed by atoms with van der Waals surface area (Å²) in [4.78, 5) is 15.7. The number of fused-ring (bicyclic) bond motifs is 1. The van der Waals surface area contributed by atoms with E-state index in [1.807, 2.05) is 27.1 Å². The van der Waals surface area contributed by atoms with E-state index in [0.717, 1.165) is 22.3 Å². The molecule has 1 amide bonds. The largest absolute Gasteiger partial charge is 0.356 e. The van der Waals surface area contributed by atoms with Crippen LogP contribution in [0, 0.1) is 6.92 Å². The minimum Gasteiger partial charge on any atom is -0.356 e. The van der Waals surface area contributed by atoms with Crippen LogP contribution >= 0.6 is 0 Å². The predicted octanol–water partition coefficient (Wildman–Crippen LogP) is 0.893. The maximum Gasteiger partial charge on any atom is 0.221 e. The highest BCUT2D eigenvalue weighted by molar-refractivity contribution is 5.78. The molecule has 0 saturated heterocycles. The van der Waals surface area contributed by atoms with Crippen LogP contribution < -0.4 is 10.6 Å². The number of carbonyl (C=O) groups is 1. The Bertz CT molecular complexity index is 605. The third kappa shape index (κ3) is 3.33. The molecule has 2 N–H and O–H groups in total. The summed E-state index contributed by atoms with van der Waals surface area (Å²) in [5, 5.41) is 11.5. The number of nitrogens with one attached hydrogen (secondary N) is 2. The lowest BCUT2D eigenvalue weighted by Crippen LogP contribution is -2.27. The maximum absolute atomic E-state index is 11.3. The Kier molecular flexibility index (Phi) is 4.68. The number of hydrogen-bond donors (Lipinski definition) is 2. The Labute approximate surface area is 118 Å². The molecule has 2 aromatic rings. The molecule has 0 saturated carbocycles. The average Bonchev–Trinajstić information content (AvgIpc) is 2.70. The van der Waals surface area contributed by atoms with Crippen molar-refractivity contribution in [2.75, 3.05) is 13.1 Å². The third-order valence-corrected chi connectivity index (χ3v) is 3.15. The van der Waals surface area contributed by atoms with Crippen molar-refractivity contribution in [1.29, 1.82) is 0 Å². The summed E-state index contributed by atoms with van der Waals surface area (Å²) in [6.45, 7) is 5.95. The van der Waals surface area contributed by atoms with Gasteiger partial charge in [0, 0.05) is 44.7 Å². The van der Waals surface area contributed by atoms with Crippen LogP contribution in [0.5, 0.6) is 0 Å². The van der Waals surface area contributed by atoms with Crippen molar-refractivity contribution in [2.45, 2.75) is 26.8 Å². The van der Waals surface area contributed by atoms with E-state index >= 15 is 0 Å². The first-order valence-corrected chi connectivity index (χ1v) is 6.87. The predicted molar refractivity (Wildman–Crippen MR) is 78.3 cm³/mol. The van der Waals surface area contributed by atoms with Crippen molar-refractivity contribution >= 4 is 16.9 Å². The zero-order valence-electron chi connectivity index (χ0n) is 12.2. The Balaban J connectivity index is 1.90. The Hall–Kier alpha value is -1.95. The molecule has 108 valence electrons. The van der Waals surface area contributed by atoms with E-state index in [1.165, 1.54) is 0 Å². The van der Waals surface area contributed by atoms with Crippen LogP contribution in [0.4, 0.5) is 0 Å². The highest BCUT2D eigenvalue weighted by Gasteiger charge is 2.07. The first-order valence-electron chi connectivity index (χ1n) is 6.87. The normalized spacial score (nSPS) is 10.9. The van der Waals surface area contributed by atoms with Gasteiger partial charge in [-0.15, -0.1) is 0 Å². The third-order valence-electron chi connectivity index (χ3n) is 3.15. The van der Waals surface area contributed by atoms with Gasteiger partial charge in [0.05, 0.1) is 5.69 Å². The van der Waals surface area contributed by atoms with E-state index in [2.05, 4.69) is 26.8 Å². The molecule has 0 bridgehead atoms. The lowest BCUT2D eigenvalue weighted by Gasteiger charge is -2.05. The number of amides is 1. The smallest absolute Gasteiger partial charge is 0.221 e. The number of rotatable bonds is 6. The molecule has 0 spiro atoms. The van der Waals surface area contributed by atoms with E-state index in [-0.39, 0.29) is 5.91 Å².